The van der Waals surface area contributed by atoms with Crippen LogP contribution in [0.3, 0.4) is 0 Å². The minimum absolute atomic E-state index is 0.0586. The van der Waals surface area contributed by atoms with Crippen LogP contribution in [0.2, 0.25) is 0 Å². The number of benzene rings is 2. The zero-order valence-electron chi connectivity index (χ0n) is 22.6. The number of carbonyl (C=O) groups excluding carboxylic acids is 1. The normalized spacial score (nSPS) is 17.4. The molecule has 0 spiro atoms. The topological polar surface area (TPSA) is 71.7 Å². The summed E-state index contributed by atoms with van der Waals surface area (Å²) in [6, 6.07) is 12.2. The van der Waals surface area contributed by atoms with Crippen LogP contribution in [0.4, 0.5) is 14.6 Å². The highest BCUT2D eigenvalue weighted by molar-refractivity contribution is 5.94. The van der Waals surface area contributed by atoms with Crippen molar-refractivity contribution in [1.82, 2.24) is 14.8 Å². The van der Waals surface area contributed by atoms with Crippen molar-refractivity contribution in [3.05, 3.63) is 77.0 Å². The second kappa shape index (κ2) is 11.7. The van der Waals surface area contributed by atoms with Crippen molar-refractivity contribution in [2.45, 2.75) is 58.1 Å². The van der Waals surface area contributed by atoms with Crippen LogP contribution in [-0.2, 0) is 0 Å². The Hall–Kier alpha value is -3.52. The number of piperidine rings is 1. The molecule has 1 atom stereocenters. The van der Waals surface area contributed by atoms with E-state index in [1.807, 2.05) is 36.1 Å². The molecule has 206 valence electrons. The Morgan fingerprint density at radius 1 is 1.03 bits per heavy atom. The van der Waals surface area contributed by atoms with Crippen molar-refractivity contribution in [3.8, 4) is 16.9 Å². The average Bonchev–Trinajstić information content (AvgIpc) is 3.50. The van der Waals surface area contributed by atoms with Crippen LogP contribution < -0.4 is 10.5 Å². The highest BCUT2D eigenvalue weighted by Crippen LogP contribution is 2.33. The molecule has 2 aliphatic rings. The second-order valence-corrected chi connectivity index (χ2v) is 10.6. The summed E-state index contributed by atoms with van der Waals surface area (Å²) in [6.07, 6.45) is 6.08. The lowest BCUT2D eigenvalue weighted by atomic mass is 10.0. The molecule has 0 aliphatic carbocycles. The zero-order chi connectivity index (χ0) is 27.5. The van der Waals surface area contributed by atoms with Gasteiger partial charge >= 0.3 is 0 Å². The fraction of sp³-hybridized carbons (Fsp3) is 0.419. The number of halogens is 2. The summed E-state index contributed by atoms with van der Waals surface area (Å²) in [4.78, 5) is 22.0. The molecule has 3 aromatic rings. The van der Waals surface area contributed by atoms with Gasteiger partial charge in [0, 0.05) is 48.1 Å². The van der Waals surface area contributed by atoms with Crippen molar-refractivity contribution >= 4 is 11.7 Å². The van der Waals surface area contributed by atoms with E-state index in [-0.39, 0.29) is 17.3 Å². The van der Waals surface area contributed by atoms with Crippen LogP contribution in [0.1, 0.15) is 66.6 Å². The summed E-state index contributed by atoms with van der Waals surface area (Å²) in [6.45, 7) is 7.41. The van der Waals surface area contributed by atoms with Crippen LogP contribution in [0.5, 0.6) is 5.75 Å². The summed E-state index contributed by atoms with van der Waals surface area (Å²) in [7, 11) is 0. The van der Waals surface area contributed by atoms with E-state index >= 15 is 0 Å². The third-order valence-electron chi connectivity index (χ3n) is 8.02. The van der Waals surface area contributed by atoms with Gasteiger partial charge in [-0.3, -0.25) is 4.79 Å². The lowest BCUT2D eigenvalue weighted by Gasteiger charge is -2.36. The van der Waals surface area contributed by atoms with Crippen LogP contribution in [-0.4, -0.2) is 52.9 Å². The van der Waals surface area contributed by atoms with E-state index in [9.17, 15) is 13.6 Å². The molecule has 2 fully saturated rings. The largest absolute Gasteiger partial charge is 0.482 e. The highest BCUT2D eigenvalue weighted by Gasteiger charge is 2.28. The molecule has 0 saturated carbocycles. The van der Waals surface area contributed by atoms with Crippen molar-refractivity contribution < 1.29 is 18.3 Å². The minimum atomic E-state index is -0.659. The third-order valence-corrected chi connectivity index (χ3v) is 8.02. The number of hydrogen-bond donors (Lipinski definition) is 1. The lowest BCUT2D eigenvalue weighted by molar-refractivity contribution is 0.0644. The SMILES string of the molecule is CCC(Oc1cc(-c2ccc(C(=O)N3CCC(N4CCCC4)CC3)cc2)cnc1N)c1cc(C)c(F)cc1F. The number of nitrogen functional groups attached to an aromatic ring is 1. The molecule has 1 unspecified atom stereocenters. The van der Waals surface area contributed by atoms with Gasteiger partial charge in [-0.05, 0) is 87.5 Å². The number of nitrogens with zero attached hydrogens (tertiary/aromatic N) is 3. The van der Waals surface area contributed by atoms with Gasteiger partial charge in [0.05, 0.1) is 0 Å². The van der Waals surface area contributed by atoms with Gasteiger partial charge in [0.1, 0.15) is 17.7 Å². The predicted octanol–water partition coefficient (Wildman–Crippen LogP) is 6.15. The molecule has 39 heavy (non-hydrogen) atoms. The quantitative estimate of drug-likeness (QED) is 0.394. The van der Waals surface area contributed by atoms with Crippen LogP contribution >= 0.6 is 0 Å². The molecule has 6 nitrogen and oxygen atoms in total. The molecule has 5 rings (SSSR count). The van der Waals surface area contributed by atoms with Crippen molar-refractivity contribution in [2.24, 2.45) is 0 Å². The fourth-order valence-corrected chi connectivity index (χ4v) is 5.68. The van der Waals surface area contributed by atoms with Gasteiger partial charge in [0.15, 0.2) is 11.6 Å². The van der Waals surface area contributed by atoms with Gasteiger partial charge in [0.25, 0.3) is 5.91 Å². The van der Waals surface area contributed by atoms with Crippen molar-refractivity contribution in [3.63, 3.8) is 0 Å². The number of amides is 1. The summed E-state index contributed by atoms with van der Waals surface area (Å²) in [5.74, 6) is -0.693. The van der Waals surface area contributed by atoms with Gasteiger partial charge in [-0.25, -0.2) is 13.8 Å². The van der Waals surface area contributed by atoms with Crippen LogP contribution in [0, 0.1) is 18.6 Å². The monoisotopic (exact) mass is 534 g/mol. The maximum atomic E-state index is 14.5. The lowest BCUT2D eigenvalue weighted by Crippen LogP contribution is -2.45. The second-order valence-electron chi connectivity index (χ2n) is 10.6. The summed E-state index contributed by atoms with van der Waals surface area (Å²) in [5, 5.41) is 0. The molecule has 1 aromatic heterocycles. The maximum absolute atomic E-state index is 14.5. The summed E-state index contributed by atoms with van der Waals surface area (Å²) < 4.78 is 34.4. The van der Waals surface area contributed by atoms with Crippen molar-refractivity contribution in [2.75, 3.05) is 31.9 Å². The van der Waals surface area contributed by atoms with Gasteiger partial charge in [-0.2, -0.15) is 0 Å². The Morgan fingerprint density at radius 3 is 2.38 bits per heavy atom. The molecule has 2 saturated heterocycles. The zero-order valence-corrected chi connectivity index (χ0v) is 22.6. The first-order valence-electron chi connectivity index (χ1n) is 13.9. The third kappa shape index (κ3) is 5.91. The Balaban J connectivity index is 1.27. The van der Waals surface area contributed by atoms with Gasteiger partial charge in [0.2, 0.25) is 0 Å². The van der Waals surface area contributed by atoms with Gasteiger partial charge in [-0.1, -0.05) is 19.1 Å². The molecule has 8 heteroatoms. The van der Waals surface area contributed by atoms with E-state index in [4.69, 9.17) is 10.5 Å². The number of hydrogen-bond acceptors (Lipinski definition) is 5. The van der Waals surface area contributed by atoms with Gasteiger partial charge in [-0.15, -0.1) is 0 Å². The number of anilines is 1. The molecular formula is C31H36F2N4O2. The van der Waals surface area contributed by atoms with E-state index in [0.29, 0.717) is 29.3 Å². The first kappa shape index (κ1) is 27.1. The number of likely N-dealkylation sites (tertiary alicyclic amines) is 2. The number of carbonyl (C=O) groups is 1. The number of ether oxygens (including phenoxy) is 1. The Bertz CT molecular complexity index is 1320. The predicted molar refractivity (Wildman–Crippen MR) is 149 cm³/mol. The number of nitrogens with two attached hydrogens (primary N) is 1. The Labute approximate surface area is 228 Å². The minimum Gasteiger partial charge on any atom is -0.482 e. The molecule has 0 radical (unpaired) electrons. The Kier molecular flexibility index (Phi) is 8.12. The van der Waals surface area contributed by atoms with Crippen LogP contribution in [0.15, 0.2) is 48.7 Å². The van der Waals surface area contributed by atoms with E-state index in [2.05, 4.69) is 9.88 Å². The Morgan fingerprint density at radius 2 is 1.72 bits per heavy atom. The maximum Gasteiger partial charge on any atom is 0.253 e. The average molecular weight is 535 g/mol. The number of aromatic nitrogens is 1. The number of aryl methyl sites for hydroxylation is 1. The van der Waals surface area contributed by atoms with E-state index < -0.39 is 17.7 Å². The standard InChI is InChI=1S/C31H36F2N4O2/c1-3-28(25-16-20(2)26(32)18-27(25)33)39-29-17-23(19-35-30(29)34)21-6-8-22(9-7-21)31(38)37-14-10-24(11-15-37)36-12-4-5-13-36/h6-9,16-19,24,28H,3-5,10-15H2,1-2H3,(H2,34,35). The highest BCUT2D eigenvalue weighted by atomic mass is 19.1. The van der Waals surface area contributed by atoms with E-state index in [1.54, 1.807) is 19.2 Å². The molecule has 1 amide bonds. The van der Waals surface area contributed by atoms with Crippen LogP contribution in [0.25, 0.3) is 11.1 Å². The fourth-order valence-electron chi connectivity index (χ4n) is 5.68. The molecule has 2 aliphatic heterocycles. The van der Waals surface area contributed by atoms with Gasteiger partial charge < -0.3 is 20.3 Å². The molecule has 3 heterocycles. The first-order chi connectivity index (χ1) is 18.8. The van der Waals surface area contributed by atoms with E-state index in [1.165, 1.54) is 32.0 Å². The van der Waals surface area contributed by atoms with Crippen molar-refractivity contribution in [1.29, 1.82) is 0 Å². The molecular weight excluding hydrogens is 498 g/mol. The number of rotatable bonds is 7. The summed E-state index contributed by atoms with van der Waals surface area (Å²) in [5.41, 5.74) is 8.98. The van der Waals surface area contributed by atoms with E-state index in [0.717, 1.165) is 43.1 Å². The molecule has 2 aromatic carbocycles. The smallest absolute Gasteiger partial charge is 0.253 e. The number of pyridine rings is 1. The first-order valence-corrected chi connectivity index (χ1v) is 13.9. The molecule has 0 bridgehead atoms. The summed E-state index contributed by atoms with van der Waals surface area (Å²) >= 11 is 0. The molecule has 2 N–H and O–H groups in total.